The summed E-state index contributed by atoms with van der Waals surface area (Å²) in [6, 6.07) is 2.90. The summed E-state index contributed by atoms with van der Waals surface area (Å²) >= 11 is 5.38. The van der Waals surface area contributed by atoms with Gasteiger partial charge in [-0.2, -0.15) is 0 Å². The molecule has 3 nitrogen and oxygen atoms in total. The number of thiophene rings is 1. The Morgan fingerprint density at radius 1 is 1.42 bits per heavy atom. The van der Waals surface area contributed by atoms with Gasteiger partial charge in [-0.15, -0.1) is 11.3 Å². The summed E-state index contributed by atoms with van der Waals surface area (Å²) in [6.07, 6.45) is 2.62. The molecule has 1 aliphatic rings. The van der Waals surface area contributed by atoms with Crippen LogP contribution in [0.3, 0.4) is 0 Å². The molecule has 1 N–H and O–H groups in total. The van der Waals surface area contributed by atoms with Crippen LogP contribution >= 0.6 is 27.3 Å². The number of hydrogen-bond acceptors (Lipinski definition) is 4. The predicted molar refractivity (Wildman–Crippen MR) is 86.9 cm³/mol. The first-order valence-electron chi connectivity index (χ1n) is 6.98. The van der Waals surface area contributed by atoms with Crippen molar-refractivity contribution in [3.63, 3.8) is 0 Å². The minimum Gasteiger partial charge on any atom is -0.311 e. The number of likely N-dealkylation sites (tertiary alicyclic amines) is 1. The molecule has 2 rings (SSSR count). The van der Waals surface area contributed by atoms with Crippen molar-refractivity contribution in [1.82, 2.24) is 15.1 Å². The summed E-state index contributed by atoms with van der Waals surface area (Å²) in [7, 11) is 4.39. The number of piperidine rings is 1. The molecule has 0 unspecified atom stereocenters. The highest BCUT2D eigenvalue weighted by molar-refractivity contribution is 9.10. The zero-order valence-electron chi connectivity index (χ0n) is 11.9. The van der Waals surface area contributed by atoms with Gasteiger partial charge in [0.25, 0.3) is 0 Å². The fourth-order valence-corrected chi connectivity index (χ4v) is 4.01. The average molecular weight is 346 g/mol. The third kappa shape index (κ3) is 4.83. The Balaban J connectivity index is 1.58. The summed E-state index contributed by atoms with van der Waals surface area (Å²) in [4.78, 5) is 6.34. The second kappa shape index (κ2) is 7.74. The maximum absolute atomic E-state index is 3.57. The monoisotopic (exact) mass is 345 g/mol. The average Bonchev–Trinajstić information content (AvgIpc) is 2.81. The molecule has 0 radical (unpaired) electrons. The van der Waals surface area contributed by atoms with Gasteiger partial charge in [-0.1, -0.05) is 0 Å². The molecule has 1 fully saturated rings. The Morgan fingerprint density at radius 2 is 2.16 bits per heavy atom. The second-order valence-electron chi connectivity index (χ2n) is 5.40. The Labute approximate surface area is 129 Å². The maximum atomic E-state index is 3.57. The largest absolute Gasteiger partial charge is 0.311 e. The molecule has 0 atom stereocenters. The highest BCUT2D eigenvalue weighted by Crippen LogP contribution is 2.22. The van der Waals surface area contributed by atoms with Gasteiger partial charge in [0.05, 0.1) is 0 Å². The standard InChI is InChI=1S/C14H24BrN3S/c1-17(2)12-3-7-18(8-4-12)9-6-16-11-14-13(15)5-10-19-14/h5,10,12,16H,3-4,6-9,11H2,1-2H3. The molecule has 1 aliphatic heterocycles. The van der Waals surface area contributed by atoms with Crippen LogP contribution < -0.4 is 5.32 Å². The van der Waals surface area contributed by atoms with E-state index in [1.807, 2.05) is 11.3 Å². The fraction of sp³-hybridized carbons (Fsp3) is 0.714. The first-order chi connectivity index (χ1) is 9.16. The Hall–Kier alpha value is 0.0600. The van der Waals surface area contributed by atoms with Crippen molar-refractivity contribution in [2.45, 2.75) is 25.4 Å². The molecule has 0 spiro atoms. The number of nitrogens with zero attached hydrogens (tertiary/aromatic N) is 2. The molecule has 2 heterocycles. The fourth-order valence-electron chi connectivity index (χ4n) is 2.55. The van der Waals surface area contributed by atoms with Crippen LogP contribution in [0, 0.1) is 0 Å². The summed E-state index contributed by atoms with van der Waals surface area (Å²) in [5.74, 6) is 0. The van der Waals surface area contributed by atoms with Crippen LogP contribution in [-0.2, 0) is 6.54 Å². The van der Waals surface area contributed by atoms with E-state index in [1.165, 1.54) is 41.8 Å². The number of nitrogens with one attached hydrogen (secondary N) is 1. The van der Waals surface area contributed by atoms with Crippen LogP contribution in [0.2, 0.25) is 0 Å². The van der Waals surface area contributed by atoms with E-state index in [4.69, 9.17) is 0 Å². The molecule has 108 valence electrons. The van der Waals surface area contributed by atoms with E-state index in [-0.39, 0.29) is 0 Å². The van der Waals surface area contributed by atoms with Crippen molar-refractivity contribution in [2.24, 2.45) is 0 Å². The van der Waals surface area contributed by atoms with Crippen molar-refractivity contribution in [3.8, 4) is 0 Å². The Morgan fingerprint density at radius 3 is 2.74 bits per heavy atom. The van der Waals surface area contributed by atoms with Gasteiger partial charge in [-0.25, -0.2) is 0 Å². The van der Waals surface area contributed by atoms with Gasteiger partial charge in [0.1, 0.15) is 0 Å². The molecule has 5 heteroatoms. The number of halogens is 1. The Kier molecular flexibility index (Phi) is 6.29. The highest BCUT2D eigenvalue weighted by Gasteiger charge is 2.19. The van der Waals surface area contributed by atoms with E-state index in [2.05, 4.69) is 56.6 Å². The van der Waals surface area contributed by atoms with Gasteiger partial charge in [0, 0.05) is 35.0 Å². The zero-order chi connectivity index (χ0) is 13.7. The summed E-state index contributed by atoms with van der Waals surface area (Å²) < 4.78 is 1.23. The zero-order valence-corrected chi connectivity index (χ0v) is 14.3. The molecule has 0 aliphatic carbocycles. The summed E-state index contributed by atoms with van der Waals surface area (Å²) in [5, 5.41) is 5.67. The third-order valence-corrected chi connectivity index (χ3v) is 5.80. The highest BCUT2D eigenvalue weighted by atomic mass is 79.9. The van der Waals surface area contributed by atoms with E-state index in [9.17, 15) is 0 Å². The van der Waals surface area contributed by atoms with E-state index in [1.54, 1.807) is 0 Å². The first-order valence-corrected chi connectivity index (χ1v) is 8.65. The minimum absolute atomic E-state index is 0.784. The lowest BCUT2D eigenvalue weighted by Crippen LogP contribution is -2.43. The van der Waals surface area contributed by atoms with Gasteiger partial charge in [0.2, 0.25) is 0 Å². The third-order valence-electron chi connectivity index (χ3n) is 3.87. The van der Waals surface area contributed by atoms with E-state index in [0.717, 1.165) is 19.1 Å². The van der Waals surface area contributed by atoms with Crippen molar-refractivity contribution < 1.29 is 0 Å². The van der Waals surface area contributed by atoms with E-state index in [0.29, 0.717) is 0 Å². The predicted octanol–water partition coefficient (Wildman–Crippen LogP) is 2.63. The van der Waals surface area contributed by atoms with Crippen LogP contribution in [0.5, 0.6) is 0 Å². The van der Waals surface area contributed by atoms with Crippen LogP contribution in [0.1, 0.15) is 17.7 Å². The van der Waals surface area contributed by atoms with Crippen LogP contribution in [0.4, 0.5) is 0 Å². The lowest BCUT2D eigenvalue weighted by molar-refractivity contribution is 0.145. The van der Waals surface area contributed by atoms with Crippen molar-refractivity contribution in [1.29, 1.82) is 0 Å². The maximum Gasteiger partial charge on any atom is 0.0327 e. The molecule has 19 heavy (non-hydrogen) atoms. The van der Waals surface area contributed by atoms with Crippen LogP contribution in [0.15, 0.2) is 15.9 Å². The van der Waals surface area contributed by atoms with Crippen molar-refractivity contribution in [3.05, 3.63) is 20.8 Å². The van der Waals surface area contributed by atoms with Crippen molar-refractivity contribution >= 4 is 27.3 Å². The smallest absolute Gasteiger partial charge is 0.0327 e. The molecule has 1 aromatic heterocycles. The van der Waals surface area contributed by atoms with Crippen LogP contribution in [0.25, 0.3) is 0 Å². The summed E-state index contributed by atoms with van der Waals surface area (Å²) in [5.41, 5.74) is 0. The van der Waals surface area contributed by atoms with Gasteiger partial charge < -0.3 is 15.1 Å². The molecule has 0 amide bonds. The van der Waals surface area contributed by atoms with Crippen molar-refractivity contribution in [2.75, 3.05) is 40.3 Å². The van der Waals surface area contributed by atoms with Crippen LogP contribution in [-0.4, -0.2) is 56.1 Å². The second-order valence-corrected chi connectivity index (χ2v) is 7.26. The van der Waals surface area contributed by atoms with E-state index < -0.39 is 0 Å². The molecule has 1 aromatic rings. The Bertz CT molecular complexity index is 373. The van der Waals surface area contributed by atoms with Gasteiger partial charge in [-0.05, 0) is 67.4 Å². The molecule has 0 saturated carbocycles. The SMILES string of the molecule is CN(C)C1CCN(CCNCc2sccc2Br)CC1. The number of hydrogen-bond donors (Lipinski definition) is 1. The topological polar surface area (TPSA) is 18.5 Å². The lowest BCUT2D eigenvalue weighted by atomic mass is 10.0. The quantitative estimate of drug-likeness (QED) is 0.799. The van der Waals surface area contributed by atoms with E-state index >= 15 is 0 Å². The number of rotatable bonds is 6. The summed E-state index contributed by atoms with van der Waals surface area (Å²) in [6.45, 7) is 5.72. The molecule has 0 bridgehead atoms. The van der Waals surface area contributed by atoms with Gasteiger partial charge >= 0.3 is 0 Å². The minimum atomic E-state index is 0.784. The normalized spacial score (nSPS) is 18.3. The lowest BCUT2D eigenvalue weighted by Gasteiger charge is -2.35. The molecule has 1 saturated heterocycles. The van der Waals surface area contributed by atoms with Gasteiger partial charge in [-0.3, -0.25) is 0 Å². The molecular formula is C14H24BrN3S. The molecular weight excluding hydrogens is 322 g/mol. The van der Waals surface area contributed by atoms with Gasteiger partial charge in [0.15, 0.2) is 0 Å². The molecule has 0 aromatic carbocycles. The first kappa shape index (κ1) is 15.4.